The van der Waals surface area contributed by atoms with Gasteiger partial charge in [-0.2, -0.15) is 0 Å². The lowest BCUT2D eigenvalue weighted by Gasteiger charge is -2.13. The second-order valence-corrected chi connectivity index (χ2v) is 5.75. The van der Waals surface area contributed by atoms with E-state index < -0.39 is 0 Å². The van der Waals surface area contributed by atoms with Crippen molar-refractivity contribution in [2.45, 2.75) is 24.2 Å². The summed E-state index contributed by atoms with van der Waals surface area (Å²) >= 11 is 5.57. The van der Waals surface area contributed by atoms with Gasteiger partial charge in [0, 0.05) is 23.4 Å². The summed E-state index contributed by atoms with van der Waals surface area (Å²) in [5, 5.41) is 13.7. The van der Waals surface area contributed by atoms with Crippen LogP contribution in [0.1, 0.15) is 28.9 Å². The Morgan fingerprint density at radius 3 is 2.88 bits per heavy atom. The number of thiol groups is 1. The normalized spacial score (nSPS) is 17.1. The number of rotatable bonds is 5. The smallest absolute Gasteiger partial charge is 0.261 e. The molecule has 0 aromatic carbocycles. The van der Waals surface area contributed by atoms with Gasteiger partial charge in [0.1, 0.15) is 0 Å². The van der Waals surface area contributed by atoms with Gasteiger partial charge in [-0.1, -0.05) is 0 Å². The third kappa shape index (κ3) is 2.78. The van der Waals surface area contributed by atoms with Gasteiger partial charge >= 0.3 is 0 Å². The Kier molecular flexibility index (Phi) is 3.56. The third-order valence-corrected chi connectivity index (χ3v) is 4.39. The molecular weight excluding hydrogens is 242 g/mol. The van der Waals surface area contributed by atoms with E-state index in [0.717, 1.165) is 24.2 Å². The predicted molar refractivity (Wildman–Crippen MR) is 67.3 cm³/mol. The highest BCUT2D eigenvalue weighted by atomic mass is 32.1. The Balaban J connectivity index is 1.84. The standard InChI is InChI=1S/C11H15NO2S2/c13-4-3-11(1-2-11)7-12-10(14)9-5-8(15)6-16-9/h5-6,13,15H,1-4,7H2,(H,12,14). The van der Waals surface area contributed by atoms with E-state index in [2.05, 4.69) is 17.9 Å². The molecule has 88 valence electrons. The van der Waals surface area contributed by atoms with E-state index in [9.17, 15) is 4.79 Å². The molecule has 5 heteroatoms. The van der Waals surface area contributed by atoms with Gasteiger partial charge in [-0.15, -0.1) is 24.0 Å². The lowest BCUT2D eigenvalue weighted by Crippen LogP contribution is -2.30. The zero-order chi connectivity index (χ0) is 11.6. The highest BCUT2D eigenvalue weighted by molar-refractivity contribution is 7.80. The molecule has 1 aromatic heterocycles. The molecule has 1 aliphatic carbocycles. The number of hydrogen-bond donors (Lipinski definition) is 3. The monoisotopic (exact) mass is 257 g/mol. The van der Waals surface area contributed by atoms with Crippen LogP contribution in [-0.4, -0.2) is 24.2 Å². The maximum atomic E-state index is 11.7. The van der Waals surface area contributed by atoms with E-state index in [1.165, 1.54) is 11.3 Å². The second-order valence-electron chi connectivity index (χ2n) is 4.33. The molecule has 1 fully saturated rings. The molecule has 1 heterocycles. The van der Waals surface area contributed by atoms with Crippen molar-refractivity contribution in [1.29, 1.82) is 0 Å². The molecule has 1 aromatic rings. The van der Waals surface area contributed by atoms with Crippen LogP contribution in [0.15, 0.2) is 16.3 Å². The summed E-state index contributed by atoms with van der Waals surface area (Å²) in [5.74, 6) is -0.0329. The zero-order valence-electron chi connectivity index (χ0n) is 8.90. The number of aliphatic hydroxyl groups is 1. The highest BCUT2D eigenvalue weighted by Gasteiger charge is 2.41. The van der Waals surface area contributed by atoms with Gasteiger partial charge in [0.2, 0.25) is 0 Å². The van der Waals surface area contributed by atoms with E-state index >= 15 is 0 Å². The summed E-state index contributed by atoms with van der Waals surface area (Å²) in [6.07, 6.45) is 3.00. The first-order valence-electron chi connectivity index (χ1n) is 5.32. The van der Waals surface area contributed by atoms with Gasteiger partial charge in [0.25, 0.3) is 5.91 Å². The van der Waals surface area contributed by atoms with Crippen LogP contribution in [0, 0.1) is 5.41 Å². The second kappa shape index (κ2) is 4.77. The molecule has 0 unspecified atom stereocenters. The Hall–Kier alpha value is -0.520. The number of carbonyl (C=O) groups excluding carboxylic acids is 1. The zero-order valence-corrected chi connectivity index (χ0v) is 10.6. The summed E-state index contributed by atoms with van der Waals surface area (Å²) < 4.78 is 0. The van der Waals surface area contributed by atoms with Crippen LogP contribution in [0.2, 0.25) is 0 Å². The molecule has 1 amide bonds. The van der Waals surface area contributed by atoms with E-state index in [1.54, 1.807) is 6.07 Å². The minimum absolute atomic E-state index is 0.0329. The van der Waals surface area contributed by atoms with Crippen LogP contribution < -0.4 is 5.32 Å². The van der Waals surface area contributed by atoms with Gasteiger partial charge in [-0.25, -0.2) is 0 Å². The summed E-state index contributed by atoms with van der Waals surface area (Å²) in [4.78, 5) is 13.3. The van der Waals surface area contributed by atoms with E-state index in [1.807, 2.05) is 5.38 Å². The third-order valence-electron chi connectivity index (χ3n) is 3.03. The fourth-order valence-corrected chi connectivity index (χ4v) is 2.79. The summed E-state index contributed by atoms with van der Waals surface area (Å²) in [5.41, 5.74) is 0.172. The topological polar surface area (TPSA) is 49.3 Å². The van der Waals surface area contributed by atoms with Crippen molar-refractivity contribution in [3.63, 3.8) is 0 Å². The molecule has 0 spiro atoms. The molecule has 0 atom stereocenters. The Morgan fingerprint density at radius 2 is 2.38 bits per heavy atom. The average Bonchev–Trinajstić information content (AvgIpc) is 2.89. The van der Waals surface area contributed by atoms with Crippen LogP contribution in [0.4, 0.5) is 0 Å². The minimum Gasteiger partial charge on any atom is -0.396 e. The number of thiophene rings is 1. The van der Waals surface area contributed by atoms with E-state index in [4.69, 9.17) is 5.11 Å². The Morgan fingerprint density at radius 1 is 1.62 bits per heavy atom. The fourth-order valence-electron chi connectivity index (χ4n) is 1.73. The van der Waals surface area contributed by atoms with Crippen LogP contribution in [0.5, 0.6) is 0 Å². The summed E-state index contributed by atoms with van der Waals surface area (Å²) in [6.45, 7) is 0.877. The molecule has 0 bridgehead atoms. The molecule has 1 saturated carbocycles. The van der Waals surface area contributed by atoms with Gasteiger partial charge in [-0.05, 0) is 30.7 Å². The molecule has 0 saturated heterocycles. The van der Waals surface area contributed by atoms with Gasteiger partial charge in [0.05, 0.1) is 4.88 Å². The van der Waals surface area contributed by atoms with Crippen molar-refractivity contribution >= 4 is 29.9 Å². The molecule has 16 heavy (non-hydrogen) atoms. The van der Waals surface area contributed by atoms with Crippen LogP contribution >= 0.6 is 24.0 Å². The number of carbonyl (C=O) groups is 1. The fraction of sp³-hybridized carbons (Fsp3) is 0.545. The number of hydrogen-bond acceptors (Lipinski definition) is 4. The first-order chi connectivity index (χ1) is 7.65. The van der Waals surface area contributed by atoms with Crippen molar-refractivity contribution in [1.82, 2.24) is 5.32 Å². The molecule has 0 aliphatic heterocycles. The largest absolute Gasteiger partial charge is 0.396 e. The maximum absolute atomic E-state index is 11.7. The SMILES string of the molecule is O=C(NCC1(CCO)CC1)c1cc(S)cs1. The summed E-state index contributed by atoms with van der Waals surface area (Å²) in [6, 6.07) is 1.77. The Bertz CT molecular complexity index is 385. The number of aliphatic hydroxyl groups excluding tert-OH is 1. The van der Waals surface area contributed by atoms with Crippen LogP contribution in [0.25, 0.3) is 0 Å². The average molecular weight is 257 g/mol. The number of nitrogens with one attached hydrogen (secondary N) is 1. The van der Waals surface area contributed by atoms with Gasteiger partial charge in [0.15, 0.2) is 0 Å². The maximum Gasteiger partial charge on any atom is 0.261 e. The van der Waals surface area contributed by atoms with Crippen molar-refractivity contribution in [2.24, 2.45) is 5.41 Å². The quantitative estimate of drug-likeness (QED) is 0.706. The van der Waals surface area contributed by atoms with Crippen LogP contribution in [0.3, 0.4) is 0 Å². The lowest BCUT2D eigenvalue weighted by atomic mass is 10.0. The highest BCUT2D eigenvalue weighted by Crippen LogP contribution is 2.47. The molecule has 3 nitrogen and oxygen atoms in total. The van der Waals surface area contributed by atoms with Crippen molar-refractivity contribution in [3.8, 4) is 0 Å². The van der Waals surface area contributed by atoms with E-state index in [-0.39, 0.29) is 17.9 Å². The minimum atomic E-state index is -0.0329. The first-order valence-corrected chi connectivity index (χ1v) is 6.64. The molecule has 0 radical (unpaired) electrons. The lowest BCUT2D eigenvalue weighted by molar-refractivity contribution is 0.0945. The van der Waals surface area contributed by atoms with Crippen LogP contribution in [-0.2, 0) is 0 Å². The van der Waals surface area contributed by atoms with Crippen molar-refractivity contribution < 1.29 is 9.90 Å². The molecule has 1 aliphatic rings. The first kappa shape index (κ1) is 12.0. The van der Waals surface area contributed by atoms with Gasteiger partial charge in [-0.3, -0.25) is 4.79 Å². The van der Waals surface area contributed by atoms with Crippen molar-refractivity contribution in [3.05, 3.63) is 16.3 Å². The molecule has 2 N–H and O–H groups in total. The van der Waals surface area contributed by atoms with Gasteiger partial charge < -0.3 is 10.4 Å². The molecule has 2 rings (SSSR count). The Labute approximate surface area is 104 Å². The molecular formula is C11H15NO2S2. The van der Waals surface area contributed by atoms with E-state index in [0.29, 0.717) is 11.4 Å². The summed E-state index contributed by atoms with van der Waals surface area (Å²) in [7, 11) is 0. The van der Waals surface area contributed by atoms with Crippen molar-refractivity contribution in [2.75, 3.05) is 13.2 Å². The number of amides is 1. The predicted octanol–water partition coefficient (Wildman–Crippen LogP) is 1.93.